The zero-order chi connectivity index (χ0) is 28.2. The molecule has 0 amide bonds. The molecule has 0 N–H and O–H groups in total. The van der Waals surface area contributed by atoms with E-state index in [2.05, 4.69) is 133 Å². The van der Waals surface area contributed by atoms with Crippen LogP contribution in [0.15, 0.2) is 54.6 Å². The summed E-state index contributed by atoms with van der Waals surface area (Å²) in [6.45, 7) is 23.4. The summed E-state index contributed by atoms with van der Waals surface area (Å²) >= 11 is 0. The van der Waals surface area contributed by atoms with Crippen LogP contribution in [0.2, 0.25) is 0 Å². The van der Waals surface area contributed by atoms with Gasteiger partial charge in [0, 0.05) is 10.9 Å². The molecule has 0 aliphatic carbocycles. The van der Waals surface area contributed by atoms with Crippen LogP contribution >= 0.6 is 0 Å². The third kappa shape index (κ3) is 4.56. The third-order valence-electron chi connectivity index (χ3n) is 8.30. The second-order valence-corrected chi connectivity index (χ2v) is 13.1. The zero-order valence-electron chi connectivity index (χ0n) is 25.8. The quantitative estimate of drug-likeness (QED) is 0.149. The molecule has 39 heavy (non-hydrogen) atoms. The van der Waals surface area contributed by atoms with Crippen molar-refractivity contribution in [1.29, 1.82) is 0 Å². The van der Waals surface area contributed by atoms with Crippen LogP contribution < -0.4 is 4.52 Å². The molecule has 2 nitrogen and oxygen atoms in total. The lowest BCUT2D eigenvalue weighted by Gasteiger charge is -2.17. The molecule has 0 fully saturated rings. The number of rotatable bonds is 7. The number of nitrogens with zero attached hydrogens (tertiary/aromatic N) is 2. The van der Waals surface area contributed by atoms with E-state index in [1.54, 1.807) is 0 Å². The van der Waals surface area contributed by atoms with Gasteiger partial charge in [0.25, 0.3) is 5.52 Å². The summed E-state index contributed by atoms with van der Waals surface area (Å²) in [5, 5.41) is 4.11. The SMILES string of the molecule is Cc1cccc2c1c1cccc(C(C)C)c1[n+]1c2c(-c2c(CC(C)C)cccc2CC(C)C)c(C)n1C(C)C. The Hall–Kier alpha value is -3.13. The van der Waals surface area contributed by atoms with Crippen molar-refractivity contribution in [3.05, 3.63) is 82.5 Å². The summed E-state index contributed by atoms with van der Waals surface area (Å²) < 4.78 is 5.18. The standard InChI is InChI=1S/C37H47N2/c1-22(2)20-28-15-12-16-29(21-23(3)4)35(28)34-27(10)38(25(7)8)39-36-30(24(5)6)17-13-19-31(36)33-26(9)14-11-18-32(33)37(34)39/h11-19,22-25H,20-21H2,1-10H3/q+1. The van der Waals surface area contributed by atoms with Gasteiger partial charge in [-0.1, -0.05) is 88.5 Å². The van der Waals surface area contributed by atoms with E-state index in [0.29, 0.717) is 23.8 Å². The van der Waals surface area contributed by atoms with Crippen molar-refractivity contribution in [3.63, 3.8) is 0 Å². The summed E-state index contributed by atoms with van der Waals surface area (Å²) in [6, 6.07) is 21.2. The van der Waals surface area contributed by atoms with Gasteiger partial charge in [-0.2, -0.15) is 0 Å². The predicted octanol–water partition coefficient (Wildman–Crippen LogP) is 9.92. The average Bonchev–Trinajstić information content (AvgIpc) is 3.16. The van der Waals surface area contributed by atoms with E-state index in [1.165, 1.54) is 66.3 Å². The van der Waals surface area contributed by atoms with Gasteiger partial charge in [0.2, 0.25) is 5.52 Å². The van der Waals surface area contributed by atoms with Crippen LogP contribution in [0.5, 0.6) is 0 Å². The maximum atomic E-state index is 2.60. The van der Waals surface area contributed by atoms with Crippen molar-refractivity contribution in [1.82, 2.24) is 4.68 Å². The highest BCUT2D eigenvalue weighted by Crippen LogP contribution is 2.42. The minimum Gasteiger partial charge on any atom is -0.149 e. The molecule has 0 unspecified atom stereocenters. The van der Waals surface area contributed by atoms with Crippen molar-refractivity contribution >= 4 is 27.2 Å². The fourth-order valence-corrected chi connectivity index (χ4v) is 6.92. The summed E-state index contributed by atoms with van der Waals surface area (Å²) in [5.41, 5.74) is 12.7. The van der Waals surface area contributed by atoms with Crippen molar-refractivity contribution in [3.8, 4) is 11.1 Å². The fourth-order valence-electron chi connectivity index (χ4n) is 6.92. The van der Waals surface area contributed by atoms with E-state index < -0.39 is 0 Å². The molecular weight excluding hydrogens is 472 g/mol. The van der Waals surface area contributed by atoms with Gasteiger partial charge in [-0.3, -0.25) is 0 Å². The first-order valence-corrected chi connectivity index (χ1v) is 15.0. The Morgan fingerprint density at radius 2 is 1.18 bits per heavy atom. The minimum atomic E-state index is 0.322. The van der Waals surface area contributed by atoms with E-state index in [-0.39, 0.29) is 0 Å². The molecule has 0 aliphatic rings. The Bertz CT molecular complexity index is 1650. The molecule has 0 radical (unpaired) electrons. The van der Waals surface area contributed by atoms with E-state index in [4.69, 9.17) is 0 Å². The summed E-state index contributed by atoms with van der Waals surface area (Å²) in [7, 11) is 0. The molecule has 0 atom stereocenters. The van der Waals surface area contributed by atoms with Gasteiger partial charge < -0.3 is 0 Å². The molecule has 204 valence electrons. The van der Waals surface area contributed by atoms with Gasteiger partial charge in [-0.05, 0) is 92.7 Å². The summed E-state index contributed by atoms with van der Waals surface area (Å²) in [4.78, 5) is 0. The molecule has 2 heteroatoms. The topological polar surface area (TPSA) is 9.03 Å². The molecule has 0 saturated heterocycles. The van der Waals surface area contributed by atoms with Crippen LogP contribution in [0.3, 0.4) is 0 Å². The number of aromatic nitrogens is 2. The first-order valence-electron chi connectivity index (χ1n) is 15.0. The lowest BCUT2D eigenvalue weighted by atomic mass is 9.85. The molecular formula is C37H47N2+. The molecule has 0 saturated carbocycles. The first kappa shape index (κ1) is 27.4. The highest BCUT2D eigenvalue weighted by molar-refractivity contribution is 6.14. The number of benzene rings is 3. The van der Waals surface area contributed by atoms with Crippen molar-refractivity contribution in [2.75, 3.05) is 0 Å². The van der Waals surface area contributed by atoms with E-state index in [0.717, 1.165) is 12.8 Å². The summed E-state index contributed by atoms with van der Waals surface area (Å²) in [6.07, 6.45) is 2.17. The van der Waals surface area contributed by atoms with Gasteiger partial charge in [-0.15, -0.1) is 4.68 Å². The monoisotopic (exact) mass is 519 g/mol. The Labute approximate surface area is 235 Å². The highest BCUT2D eigenvalue weighted by atomic mass is 15.4. The lowest BCUT2D eigenvalue weighted by molar-refractivity contribution is -0.586. The van der Waals surface area contributed by atoms with E-state index in [9.17, 15) is 0 Å². The van der Waals surface area contributed by atoms with Crippen molar-refractivity contribution in [2.45, 2.75) is 94.0 Å². The largest absolute Gasteiger partial charge is 0.254 e. The second-order valence-electron chi connectivity index (χ2n) is 13.1. The third-order valence-corrected chi connectivity index (χ3v) is 8.30. The molecule has 3 aromatic carbocycles. The minimum absolute atomic E-state index is 0.322. The van der Waals surface area contributed by atoms with Crippen molar-refractivity contribution < 1.29 is 4.52 Å². The Kier molecular flexibility index (Phi) is 7.35. The van der Waals surface area contributed by atoms with Crippen LogP contribution in [0, 0.1) is 25.7 Å². The molecule has 0 bridgehead atoms. The maximum Gasteiger partial charge on any atom is 0.254 e. The normalized spacial score (nSPS) is 12.5. The van der Waals surface area contributed by atoms with Gasteiger partial charge in [-0.25, -0.2) is 0 Å². The van der Waals surface area contributed by atoms with E-state index in [1.807, 2.05) is 0 Å². The fraction of sp³-hybridized carbons (Fsp3) is 0.432. The molecule has 2 aromatic heterocycles. The smallest absolute Gasteiger partial charge is 0.149 e. The Morgan fingerprint density at radius 1 is 0.641 bits per heavy atom. The lowest BCUT2D eigenvalue weighted by Crippen LogP contribution is -2.36. The van der Waals surface area contributed by atoms with Gasteiger partial charge in [0.15, 0.2) is 0 Å². The molecule has 2 heterocycles. The van der Waals surface area contributed by atoms with Crippen LogP contribution in [-0.4, -0.2) is 4.68 Å². The average molecular weight is 520 g/mol. The van der Waals surface area contributed by atoms with Crippen LogP contribution in [0.1, 0.15) is 95.3 Å². The number of pyridine rings is 1. The highest BCUT2D eigenvalue weighted by Gasteiger charge is 2.34. The van der Waals surface area contributed by atoms with Crippen molar-refractivity contribution in [2.24, 2.45) is 11.8 Å². The number of hydrogen-bond acceptors (Lipinski definition) is 0. The van der Waals surface area contributed by atoms with E-state index >= 15 is 0 Å². The molecule has 5 rings (SSSR count). The van der Waals surface area contributed by atoms with Crippen LogP contribution in [0.25, 0.3) is 38.3 Å². The number of para-hydroxylation sites is 1. The van der Waals surface area contributed by atoms with Gasteiger partial charge in [0.1, 0.15) is 0 Å². The number of hydrogen-bond donors (Lipinski definition) is 0. The van der Waals surface area contributed by atoms with Gasteiger partial charge in [0.05, 0.1) is 28.1 Å². The second kappa shape index (κ2) is 10.5. The van der Waals surface area contributed by atoms with Crippen LogP contribution in [0.4, 0.5) is 0 Å². The number of fused-ring (bicyclic) bond motifs is 6. The maximum absolute atomic E-state index is 2.60. The molecule has 0 aliphatic heterocycles. The van der Waals surface area contributed by atoms with Crippen LogP contribution in [-0.2, 0) is 12.8 Å². The zero-order valence-corrected chi connectivity index (χ0v) is 25.8. The Balaban J connectivity index is 2.13. The summed E-state index contributed by atoms with van der Waals surface area (Å²) in [5.74, 6) is 1.61. The van der Waals surface area contributed by atoms with Gasteiger partial charge >= 0.3 is 0 Å². The predicted molar refractivity (Wildman–Crippen MR) is 169 cm³/mol. The Morgan fingerprint density at radius 3 is 1.72 bits per heavy atom. The molecule has 0 spiro atoms. The number of aryl methyl sites for hydroxylation is 1. The first-order chi connectivity index (χ1) is 18.5. The molecule has 5 aromatic rings.